The molecular formula is C20H24BrN3O3S. The SMILES string of the molecule is CCOC(=O)C(Sc1nnc(-c2ccc(Br)cc2)n1C1CCCCC1)C(C)=O. The summed E-state index contributed by atoms with van der Waals surface area (Å²) in [5.74, 6) is 0.00304. The summed E-state index contributed by atoms with van der Waals surface area (Å²) in [7, 11) is 0. The summed E-state index contributed by atoms with van der Waals surface area (Å²) in [5, 5.41) is 8.45. The number of aromatic nitrogens is 3. The maximum atomic E-state index is 12.3. The lowest BCUT2D eigenvalue weighted by Gasteiger charge is -2.26. The van der Waals surface area contributed by atoms with E-state index in [1.54, 1.807) is 6.92 Å². The number of benzene rings is 1. The van der Waals surface area contributed by atoms with Gasteiger partial charge in [0.15, 0.2) is 22.0 Å². The van der Waals surface area contributed by atoms with Gasteiger partial charge in [-0.15, -0.1) is 10.2 Å². The third-order valence-electron chi connectivity index (χ3n) is 4.80. The van der Waals surface area contributed by atoms with Crippen LogP contribution < -0.4 is 0 Å². The minimum Gasteiger partial charge on any atom is -0.465 e. The second-order valence-corrected chi connectivity index (χ2v) is 8.82. The lowest BCUT2D eigenvalue weighted by atomic mass is 9.95. The summed E-state index contributed by atoms with van der Waals surface area (Å²) in [6.45, 7) is 3.38. The molecule has 2 aromatic rings. The first kappa shape index (κ1) is 21.0. The van der Waals surface area contributed by atoms with Gasteiger partial charge in [-0.2, -0.15) is 0 Å². The lowest BCUT2D eigenvalue weighted by molar-refractivity contribution is -0.144. The first-order chi connectivity index (χ1) is 13.5. The Morgan fingerprint density at radius 3 is 2.50 bits per heavy atom. The van der Waals surface area contributed by atoms with Crippen molar-refractivity contribution in [1.29, 1.82) is 0 Å². The molecule has 6 nitrogen and oxygen atoms in total. The Hall–Kier alpha value is -1.67. The number of carbonyl (C=O) groups is 2. The largest absolute Gasteiger partial charge is 0.465 e. The molecule has 1 fully saturated rings. The van der Waals surface area contributed by atoms with Gasteiger partial charge in [-0.05, 0) is 38.8 Å². The van der Waals surface area contributed by atoms with Crippen molar-refractivity contribution >= 4 is 39.4 Å². The predicted molar refractivity (Wildman–Crippen MR) is 112 cm³/mol. The smallest absolute Gasteiger partial charge is 0.327 e. The molecule has 1 atom stereocenters. The van der Waals surface area contributed by atoms with Crippen molar-refractivity contribution < 1.29 is 14.3 Å². The average Bonchev–Trinajstić information content (AvgIpc) is 3.11. The number of Topliss-reactive ketones (excluding diaryl/α,β-unsaturated/α-hetero) is 1. The van der Waals surface area contributed by atoms with Crippen LogP contribution in [0.15, 0.2) is 33.9 Å². The van der Waals surface area contributed by atoms with Crippen LogP contribution in [0.1, 0.15) is 52.0 Å². The van der Waals surface area contributed by atoms with Gasteiger partial charge in [-0.3, -0.25) is 14.2 Å². The molecule has 1 aromatic carbocycles. The Balaban J connectivity index is 1.99. The second kappa shape index (κ2) is 9.69. The molecule has 8 heteroatoms. The predicted octanol–water partition coefficient (Wildman–Crippen LogP) is 4.83. The molecule has 1 aliphatic carbocycles. The van der Waals surface area contributed by atoms with Crippen LogP contribution in [0.2, 0.25) is 0 Å². The summed E-state index contributed by atoms with van der Waals surface area (Å²) in [5.41, 5.74) is 0.962. The number of hydrogen-bond donors (Lipinski definition) is 0. The quantitative estimate of drug-likeness (QED) is 0.331. The fourth-order valence-corrected chi connectivity index (χ4v) is 4.68. The third kappa shape index (κ3) is 4.84. The van der Waals surface area contributed by atoms with Crippen LogP contribution in [-0.2, 0) is 14.3 Å². The van der Waals surface area contributed by atoms with Gasteiger partial charge in [0.05, 0.1) is 6.61 Å². The topological polar surface area (TPSA) is 74.1 Å². The van der Waals surface area contributed by atoms with Crippen LogP contribution >= 0.6 is 27.7 Å². The number of esters is 1. The molecule has 0 spiro atoms. The first-order valence-corrected chi connectivity index (χ1v) is 11.2. The zero-order valence-corrected chi connectivity index (χ0v) is 18.5. The van der Waals surface area contributed by atoms with E-state index < -0.39 is 11.2 Å². The van der Waals surface area contributed by atoms with Crippen LogP contribution in [0.5, 0.6) is 0 Å². The fraction of sp³-hybridized carbons (Fsp3) is 0.500. The summed E-state index contributed by atoms with van der Waals surface area (Å²) in [6, 6.07) is 8.20. The van der Waals surface area contributed by atoms with E-state index in [4.69, 9.17) is 4.74 Å². The van der Waals surface area contributed by atoms with Gasteiger partial charge in [0, 0.05) is 16.1 Å². The number of halogens is 1. The van der Waals surface area contributed by atoms with Crippen molar-refractivity contribution in [3.8, 4) is 11.4 Å². The molecule has 1 aromatic heterocycles. The molecule has 150 valence electrons. The minimum absolute atomic E-state index is 0.239. The molecular weight excluding hydrogens is 442 g/mol. The monoisotopic (exact) mass is 465 g/mol. The summed E-state index contributed by atoms with van der Waals surface area (Å²) in [6.07, 6.45) is 5.62. The van der Waals surface area contributed by atoms with E-state index in [9.17, 15) is 9.59 Å². The molecule has 0 saturated heterocycles. The van der Waals surface area contributed by atoms with Gasteiger partial charge in [0.1, 0.15) is 0 Å². The van der Waals surface area contributed by atoms with Crippen LogP contribution in [0.4, 0.5) is 0 Å². The number of hydrogen-bond acceptors (Lipinski definition) is 6. The number of thioether (sulfide) groups is 1. The molecule has 1 aliphatic rings. The molecule has 1 heterocycles. The standard InChI is InChI=1S/C20H24BrN3O3S/c1-3-27-19(26)17(13(2)25)28-20-23-22-18(14-9-11-15(21)12-10-14)24(20)16-7-5-4-6-8-16/h9-12,16-17H,3-8H2,1-2H3. The number of carbonyl (C=O) groups excluding carboxylic acids is 2. The number of ketones is 1. The van der Waals surface area contributed by atoms with Crippen molar-refractivity contribution in [2.24, 2.45) is 0 Å². The Morgan fingerprint density at radius 1 is 1.21 bits per heavy atom. The van der Waals surface area contributed by atoms with Crippen LogP contribution in [0.3, 0.4) is 0 Å². The van der Waals surface area contributed by atoms with Gasteiger partial charge in [-0.25, -0.2) is 0 Å². The first-order valence-electron chi connectivity index (χ1n) is 9.55. The van der Waals surface area contributed by atoms with Crippen molar-refractivity contribution in [1.82, 2.24) is 14.8 Å². The Labute approximate surface area is 177 Å². The number of nitrogens with zero attached hydrogens (tertiary/aromatic N) is 3. The van der Waals surface area contributed by atoms with E-state index in [-0.39, 0.29) is 18.4 Å². The maximum absolute atomic E-state index is 12.3. The van der Waals surface area contributed by atoms with Crippen molar-refractivity contribution in [3.05, 3.63) is 28.7 Å². The molecule has 1 saturated carbocycles. The summed E-state index contributed by atoms with van der Waals surface area (Å²) in [4.78, 5) is 24.3. The Bertz CT molecular complexity index is 832. The molecule has 0 N–H and O–H groups in total. The van der Waals surface area contributed by atoms with Crippen LogP contribution in [-0.4, -0.2) is 38.4 Å². The van der Waals surface area contributed by atoms with E-state index in [0.717, 1.165) is 53.3 Å². The summed E-state index contributed by atoms with van der Waals surface area (Å²) >= 11 is 4.60. The maximum Gasteiger partial charge on any atom is 0.327 e. The average molecular weight is 466 g/mol. The highest BCUT2D eigenvalue weighted by Gasteiger charge is 2.31. The number of rotatable bonds is 7. The highest BCUT2D eigenvalue weighted by atomic mass is 79.9. The van der Waals surface area contributed by atoms with E-state index in [1.807, 2.05) is 24.3 Å². The Morgan fingerprint density at radius 2 is 1.89 bits per heavy atom. The highest BCUT2D eigenvalue weighted by molar-refractivity contribution is 9.10. The molecule has 3 rings (SSSR count). The third-order valence-corrected chi connectivity index (χ3v) is 6.58. The van der Waals surface area contributed by atoms with E-state index >= 15 is 0 Å². The Kier molecular flexibility index (Phi) is 7.29. The van der Waals surface area contributed by atoms with Gasteiger partial charge in [0.25, 0.3) is 0 Å². The lowest BCUT2D eigenvalue weighted by Crippen LogP contribution is -2.28. The summed E-state index contributed by atoms with van der Waals surface area (Å²) < 4.78 is 8.19. The van der Waals surface area contributed by atoms with E-state index in [2.05, 4.69) is 30.7 Å². The van der Waals surface area contributed by atoms with Crippen LogP contribution in [0.25, 0.3) is 11.4 Å². The molecule has 0 amide bonds. The molecule has 0 radical (unpaired) electrons. The highest BCUT2D eigenvalue weighted by Crippen LogP contribution is 2.37. The van der Waals surface area contributed by atoms with Gasteiger partial charge < -0.3 is 4.74 Å². The second-order valence-electron chi connectivity index (χ2n) is 6.84. The van der Waals surface area contributed by atoms with Gasteiger partial charge in [-0.1, -0.05) is 59.1 Å². The fourth-order valence-electron chi connectivity index (χ4n) is 3.44. The zero-order chi connectivity index (χ0) is 20.1. The van der Waals surface area contributed by atoms with E-state index in [0.29, 0.717) is 5.16 Å². The number of ether oxygens (including phenoxy) is 1. The molecule has 0 aliphatic heterocycles. The van der Waals surface area contributed by atoms with Gasteiger partial charge in [0.2, 0.25) is 0 Å². The zero-order valence-electron chi connectivity index (χ0n) is 16.1. The molecule has 28 heavy (non-hydrogen) atoms. The van der Waals surface area contributed by atoms with Gasteiger partial charge >= 0.3 is 5.97 Å². The molecule has 1 unspecified atom stereocenters. The normalized spacial score (nSPS) is 16.0. The van der Waals surface area contributed by atoms with E-state index in [1.165, 1.54) is 13.3 Å². The molecule has 0 bridgehead atoms. The minimum atomic E-state index is -0.927. The van der Waals surface area contributed by atoms with Crippen molar-refractivity contribution in [2.75, 3.05) is 6.61 Å². The van der Waals surface area contributed by atoms with Crippen molar-refractivity contribution in [3.63, 3.8) is 0 Å². The van der Waals surface area contributed by atoms with Crippen LogP contribution in [0, 0.1) is 0 Å². The van der Waals surface area contributed by atoms with Crippen molar-refractivity contribution in [2.45, 2.75) is 62.4 Å².